The molecule has 1 aromatic rings. The summed E-state index contributed by atoms with van der Waals surface area (Å²) in [6.07, 6.45) is 2.30. The Morgan fingerprint density at radius 2 is 2.33 bits per heavy atom. The number of benzene rings is 1. The Morgan fingerprint density at radius 1 is 1.67 bits per heavy atom. The predicted molar refractivity (Wildman–Crippen MR) is 68.0 cm³/mol. The van der Waals surface area contributed by atoms with E-state index in [4.69, 9.17) is 5.11 Å². The molecule has 0 aliphatic rings. The molecule has 1 unspecified atom stereocenters. The van der Waals surface area contributed by atoms with E-state index in [1.165, 1.54) is 18.2 Å². The molecule has 1 rings (SSSR count). The third kappa shape index (κ3) is 3.31. The lowest BCUT2D eigenvalue weighted by atomic mass is 10.1. The van der Waals surface area contributed by atoms with Crippen LogP contribution >= 0.6 is 0 Å². The minimum atomic E-state index is -1.12. The highest BCUT2D eigenvalue weighted by Gasteiger charge is 2.17. The molecule has 96 valence electrons. The van der Waals surface area contributed by atoms with Crippen LogP contribution in [0.5, 0.6) is 0 Å². The number of hydrogen-bond donors (Lipinski definition) is 2. The molecule has 0 fully saturated rings. The SMILES string of the molecule is C=CCC(C)Nc1cc(C(=O)O)ccc1[N+](=O)[O-]. The van der Waals surface area contributed by atoms with Crippen molar-refractivity contribution in [3.63, 3.8) is 0 Å². The lowest BCUT2D eigenvalue weighted by molar-refractivity contribution is -0.384. The summed E-state index contributed by atoms with van der Waals surface area (Å²) in [7, 11) is 0. The van der Waals surface area contributed by atoms with E-state index >= 15 is 0 Å². The van der Waals surface area contributed by atoms with Crippen LogP contribution < -0.4 is 5.32 Å². The third-order valence-electron chi connectivity index (χ3n) is 2.36. The quantitative estimate of drug-likeness (QED) is 0.460. The number of carboxylic acid groups (broad SMARTS) is 1. The molecule has 0 heterocycles. The summed E-state index contributed by atoms with van der Waals surface area (Å²) >= 11 is 0. The first-order chi connectivity index (χ1) is 8.45. The van der Waals surface area contributed by atoms with Gasteiger partial charge in [0.05, 0.1) is 10.5 Å². The first kappa shape index (κ1) is 13.7. The Bertz CT molecular complexity index is 485. The van der Waals surface area contributed by atoms with E-state index in [1.807, 2.05) is 6.92 Å². The van der Waals surface area contributed by atoms with Crippen molar-refractivity contribution < 1.29 is 14.8 Å². The van der Waals surface area contributed by atoms with E-state index in [9.17, 15) is 14.9 Å². The van der Waals surface area contributed by atoms with Crippen molar-refractivity contribution in [2.45, 2.75) is 19.4 Å². The van der Waals surface area contributed by atoms with E-state index in [-0.39, 0.29) is 23.0 Å². The van der Waals surface area contributed by atoms with Crippen LogP contribution in [-0.4, -0.2) is 22.0 Å². The van der Waals surface area contributed by atoms with Crippen LogP contribution in [0.3, 0.4) is 0 Å². The molecule has 1 aromatic carbocycles. The van der Waals surface area contributed by atoms with E-state index in [1.54, 1.807) is 6.08 Å². The number of nitro groups is 1. The minimum Gasteiger partial charge on any atom is -0.478 e. The van der Waals surface area contributed by atoms with Gasteiger partial charge < -0.3 is 10.4 Å². The van der Waals surface area contributed by atoms with Crippen molar-refractivity contribution in [1.29, 1.82) is 0 Å². The van der Waals surface area contributed by atoms with Crippen molar-refractivity contribution in [3.05, 3.63) is 46.5 Å². The van der Waals surface area contributed by atoms with Gasteiger partial charge in [-0.15, -0.1) is 6.58 Å². The first-order valence-corrected chi connectivity index (χ1v) is 5.35. The van der Waals surface area contributed by atoms with Gasteiger partial charge in [-0.3, -0.25) is 10.1 Å². The van der Waals surface area contributed by atoms with Crippen molar-refractivity contribution in [2.75, 3.05) is 5.32 Å². The molecule has 6 heteroatoms. The Morgan fingerprint density at radius 3 is 2.83 bits per heavy atom. The molecule has 0 saturated carbocycles. The maximum absolute atomic E-state index is 10.8. The highest BCUT2D eigenvalue weighted by atomic mass is 16.6. The zero-order valence-corrected chi connectivity index (χ0v) is 9.92. The largest absolute Gasteiger partial charge is 0.478 e. The number of nitrogens with one attached hydrogen (secondary N) is 1. The molecule has 2 N–H and O–H groups in total. The van der Waals surface area contributed by atoms with Gasteiger partial charge in [-0.05, 0) is 25.5 Å². The fourth-order valence-electron chi connectivity index (χ4n) is 1.52. The molecule has 0 amide bonds. The van der Waals surface area contributed by atoms with Gasteiger partial charge in [0.1, 0.15) is 5.69 Å². The van der Waals surface area contributed by atoms with Gasteiger partial charge in [-0.25, -0.2) is 4.79 Å². The molecular weight excluding hydrogens is 236 g/mol. The maximum atomic E-state index is 10.8. The van der Waals surface area contributed by atoms with Crippen LogP contribution in [0.15, 0.2) is 30.9 Å². The number of anilines is 1. The summed E-state index contributed by atoms with van der Waals surface area (Å²) in [5.41, 5.74) is 0.0686. The maximum Gasteiger partial charge on any atom is 0.335 e. The van der Waals surface area contributed by atoms with Crippen LogP contribution in [0.25, 0.3) is 0 Å². The fraction of sp³-hybridized carbons (Fsp3) is 0.250. The second-order valence-electron chi connectivity index (χ2n) is 3.86. The molecule has 6 nitrogen and oxygen atoms in total. The van der Waals surface area contributed by atoms with Crippen LogP contribution in [0.4, 0.5) is 11.4 Å². The van der Waals surface area contributed by atoms with Gasteiger partial charge in [0.15, 0.2) is 0 Å². The van der Waals surface area contributed by atoms with Crippen LogP contribution in [0.2, 0.25) is 0 Å². The molecule has 0 aliphatic heterocycles. The second-order valence-corrected chi connectivity index (χ2v) is 3.86. The van der Waals surface area contributed by atoms with Gasteiger partial charge in [0.2, 0.25) is 0 Å². The average Bonchev–Trinajstić information content (AvgIpc) is 2.28. The summed E-state index contributed by atoms with van der Waals surface area (Å²) in [6, 6.07) is 3.60. The predicted octanol–water partition coefficient (Wildman–Crippen LogP) is 2.67. The van der Waals surface area contributed by atoms with Gasteiger partial charge in [0.25, 0.3) is 5.69 Å². The molecule has 0 saturated heterocycles. The summed E-state index contributed by atoms with van der Waals surface area (Å²) in [5, 5.41) is 22.6. The Balaban J connectivity index is 3.11. The Kier molecular flexibility index (Phi) is 4.42. The topological polar surface area (TPSA) is 92.5 Å². The standard InChI is InChI=1S/C12H14N2O4/c1-3-4-8(2)13-10-7-9(12(15)16)5-6-11(10)14(17)18/h3,5-8,13H,1,4H2,2H3,(H,15,16). The number of carbonyl (C=O) groups is 1. The first-order valence-electron chi connectivity index (χ1n) is 5.35. The van der Waals surface area contributed by atoms with Crippen molar-refractivity contribution in [2.24, 2.45) is 0 Å². The van der Waals surface area contributed by atoms with E-state index in [0.717, 1.165) is 0 Å². The number of nitrogens with zero attached hydrogens (tertiary/aromatic N) is 1. The summed E-state index contributed by atoms with van der Waals surface area (Å²) in [5.74, 6) is -1.12. The van der Waals surface area contributed by atoms with E-state index in [0.29, 0.717) is 6.42 Å². The minimum absolute atomic E-state index is 0.00824. The molecular formula is C12H14N2O4. The Labute approximate surface area is 104 Å². The van der Waals surface area contributed by atoms with E-state index in [2.05, 4.69) is 11.9 Å². The number of aromatic carboxylic acids is 1. The molecule has 0 aliphatic carbocycles. The van der Waals surface area contributed by atoms with Gasteiger partial charge >= 0.3 is 5.97 Å². The highest BCUT2D eigenvalue weighted by molar-refractivity contribution is 5.90. The molecule has 1 atom stereocenters. The van der Waals surface area contributed by atoms with Gasteiger partial charge in [-0.1, -0.05) is 6.08 Å². The smallest absolute Gasteiger partial charge is 0.335 e. The lowest BCUT2D eigenvalue weighted by Gasteiger charge is -2.13. The van der Waals surface area contributed by atoms with Crippen LogP contribution in [0, 0.1) is 10.1 Å². The zero-order chi connectivity index (χ0) is 13.7. The molecule has 0 bridgehead atoms. The molecule has 0 aromatic heterocycles. The fourth-order valence-corrected chi connectivity index (χ4v) is 1.52. The van der Waals surface area contributed by atoms with Crippen molar-refractivity contribution in [3.8, 4) is 0 Å². The van der Waals surface area contributed by atoms with Gasteiger partial charge in [0, 0.05) is 12.1 Å². The number of carboxylic acids is 1. The van der Waals surface area contributed by atoms with Crippen molar-refractivity contribution in [1.82, 2.24) is 0 Å². The van der Waals surface area contributed by atoms with Crippen LogP contribution in [0.1, 0.15) is 23.7 Å². The number of rotatable bonds is 6. The summed E-state index contributed by atoms with van der Waals surface area (Å²) < 4.78 is 0. The average molecular weight is 250 g/mol. The number of hydrogen-bond acceptors (Lipinski definition) is 4. The molecule has 18 heavy (non-hydrogen) atoms. The monoisotopic (exact) mass is 250 g/mol. The summed E-state index contributed by atoms with van der Waals surface area (Å²) in [4.78, 5) is 21.1. The highest BCUT2D eigenvalue weighted by Crippen LogP contribution is 2.26. The second kappa shape index (κ2) is 5.81. The van der Waals surface area contributed by atoms with E-state index < -0.39 is 10.9 Å². The summed E-state index contributed by atoms with van der Waals surface area (Å²) in [6.45, 7) is 5.41. The number of nitro benzene ring substituents is 1. The van der Waals surface area contributed by atoms with Gasteiger partial charge in [-0.2, -0.15) is 0 Å². The third-order valence-corrected chi connectivity index (χ3v) is 2.36. The zero-order valence-electron chi connectivity index (χ0n) is 9.92. The molecule has 0 radical (unpaired) electrons. The lowest BCUT2D eigenvalue weighted by Crippen LogP contribution is -2.15. The van der Waals surface area contributed by atoms with Crippen LogP contribution in [-0.2, 0) is 0 Å². The van der Waals surface area contributed by atoms with Crippen molar-refractivity contribution >= 4 is 17.3 Å². The molecule has 0 spiro atoms. The Hall–Kier alpha value is -2.37. The normalized spacial score (nSPS) is 11.6.